The van der Waals surface area contributed by atoms with Crippen molar-refractivity contribution in [3.05, 3.63) is 29.3 Å². The Morgan fingerprint density at radius 2 is 1.82 bits per heavy atom. The Hall–Kier alpha value is -1.51. The second-order valence-electron chi connectivity index (χ2n) is 4.33. The lowest BCUT2D eigenvalue weighted by molar-refractivity contribution is 0.0756. The fourth-order valence-corrected chi connectivity index (χ4v) is 1.89. The highest BCUT2D eigenvalue weighted by Gasteiger charge is 2.17. The van der Waals surface area contributed by atoms with Crippen molar-refractivity contribution in [3.8, 4) is 0 Å². The van der Waals surface area contributed by atoms with Gasteiger partial charge in [0.2, 0.25) is 0 Å². The first-order chi connectivity index (χ1) is 8.11. The van der Waals surface area contributed by atoms with Crippen molar-refractivity contribution in [2.45, 2.75) is 33.6 Å². The molecular weight excluding hydrogens is 212 g/mol. The minimum atomic E-state index is 0.0508. The molecule has 0 spiro atoms. The zero-order chi connectivity index (χ0) is 12.8. The van der Waals surface area contributed by atoms with E-state index in [-0.39, 0.29) is 5.91 Å². The number of amides is 1. The second-order valence-corrected chi connectivity index (χ2v) is 4.33. The maximum Gasteiger partial charge on any atom is 0.255 e. The summed E-state index contributed by atoms with van der Waals surface area (Å²) in [6, 6.07) is 5.62. The normalized spacial score (nSPS) is 10.3. The summed E-state index contributed by atoms with van der Waals surface area (Å²) in [6.07, 6.45) is 1.94. The molecule has 0 radical (unpaired) electrons. The van der Waals surface area contributed by atoms with Crippen molar-refractivity contribution in [3.63, 3.8) is 0 Å². The van der Waals surface area contributed by atoms with Crippen molar-refractivity contribution in [2.75, 3.05) is 18.8 Å². The molecule has 1 rings (SSSR count). The molecule has 3 nitrogen and oxygen atoms in total. The molecule has 1 aromatic carbocycles. The molecule has 2 N–H and O–H groups in total. The summed E-state index contributed by atoms with van der Waals surface area (Å²) in [4.78, 5) is 14.2. The Morgan fingerprint density at radius 1 is 1.24 bits per heavy atom. The Kier molecular flexibility index (Phi) is 5.01. The average Bonchev–Trinajstić information content (AvgIpc) is 2.31. The van der Waals surface area contributed by atoms with Crippen LogP contribution < -0.4 is 5.73 Å². The van der Waals surface area contributed by atoms with Crippen molar-refractivity contribution < 1.29 is 4.79 Å². The van der Waals surface area contributed by atoms with Crippen LogP contribution in [0.15, 0.2) is 18.2 Å². The molecule has 0 aromatic heterocycles. The summed E-state index contributed by atoms with van der Waals surface area (Å²) >= 11 is 0. The van der Waals surface area contributed by atoms with Gasteiger partial charge in [0.05, 0.1) is 5.56 Å². The molecule has 1 aromatic rings. The van der Waals surface area contributed by atoms with Crippen LogP contribution in [0, 0.1) is 6.92 Å². The van der Waals surface area contributed by atoms with Gasteiger partial charge in [-0.2, -0.15) is 0 Å². The molecule has 3 heteroatoms. The highest BCUT2D eigenvalue weighted by Crippen LogP contribution is 2.18. The number of benzene rings is 1. The minimum Gasteiger partial charge on any atom is -0.398 e. The summed E-state index contributed by atoms with van der Waals surface area (Å²) in [6.45, 7) is 7.67. The molecule has 0 saturated carbocycles. The van der Waals surface area contributed by atoms with Gasteiger partial charge in [0.15, 0.2) is 0 Å². The van der Waals surface area contributed by atoms with Crippen LogP contribution in [0.2, 0.25) is 0 Å². The van der Waals surface area contributed by atoms with E-state index in [1.165, 1.54) is 0 Å². The third kappa shape index (κ3) is 3.22. The maximum absolute atomic E-state index is 12.3. The number of rotatable bonds is 5. The maximum atomic E-state index is 12.3. The zero-order valence-electron chi connectivity index (χ0n) is 11.0. The van der Waals surface area contributed by atoms with E-state index in [2.05, 4.69) is 13.8 Å². The highest BCUT2D eigenvalue weighted by molar-refractivity contribution is 5.99. The van der Waals surface area contributed by atoms with Gasteiger partial charge in [-0.1, -0.05) is 26.0 Å². The first kappa shape index (κ1) is 13.6. The zero-order valence-corrected chi connectivity index (χ0v) is 11.0. The minimum absolute atomic E-state index is 0.0508. The van der Waals surface area contributed by atoms with Gasteiger partial charge in [-0.3, -0.25) is 4.79 Å². The fraction of sp³-hybridized carbons (Fsp3) is 0.500. The van der Waals surface area contributed by atoms with Crippen molar-refractivity contribution in [1.29, 1.82) is 0 Å². The van der Waals surface area contributed by atoms with Crippen molar-refractivity contribution in [1.82, 2.24) is 4.90 Å². The van der Waals surface area contributed by atoms with Gasteiger partial charge >= 0.3 is 0 Å². The number of aryl methyl sites for hydroxylation is 1. The summed E-state index contributed by atoms with van der Waals surface area (Å²) in [5, 5.41) is 0. The van der Waals surface area contributed by atoms with E-state index in [0.29, 0.717) is 11.3 Å². The molecule has 0 bridgehead atoms. The van der Waals surface area contributed by atoms with Crippen LogP contribution in [0.25, 0.3) is 0 Å². The van der Waals surface area contributed by atoms with Crippen LogP contribution in [-0.4, -0.2) is 23.9 Å². The van der Waals surface area contributed by atoms with E-state index in [9.17, 15) is 4.79 Å². The predicted octanol–water partition coefficient (Wildman–Crippen LogP) is 2.84. The quantitative estimate of drug-likeness (QED) is 0.796. The third-order valence-corrected chi connectivity index (χ3v) is 2.83. The SMILES string of the molecule is CCCN(CCC)C(=O)c1cccc(C)c1N. The lowest BCUT2D eigenvalue weighted by Crippen LogP contribution is -2.33. The predicted molar refractivity (Wildman–Crippen MR) is 72.1 cm³/mol. The average molecular weight is 234 g/mol. The van der Waals surface area contributed by atoms with Gasteiger partial charge < -0.3 is 10.6 Å². The number of anilines is 1. The van der Waals surface area contributed by atoms with E-state index < -0.39 is 0 Å². The summed E-state index contributed by atoms with van der Waals surface area (Å²) in [7, 11) is 0. The lowest BCUT2D eigenvalue weighted by atomic mass is 10.1. The number of hydrogen-bond donors (Lipinski definition) is 1. The van der Waals surface area contributed by atoms with Gasteiger partial charge in [0, 0.05) is 18.8 Å². The largest absolute Gasteiger partial charge is 0.398 e. The Morgan fingerprint density at radius 3 is 2.35 bits per heavy atom. The second kappa shape index (κ2) is 6.28. The molecule has 0 aliphatic carbocycles. The van der Waals surface area contributed by atoms with Crippen LogP contribution in [0.1, 0.15) is 42.6 Å². The van der Waals surface area contributed by atoms with Crippen LogP contribution >= 0.6 is 0 Å². The van der Waals surface area contributed by atoms with Crippen LogP contribution in [0.5, 0.6) is 0 Å². The van der Waals surface area contributed by atoms with Gasteiger partial charge in [0.25, 0.3) is 5.91 Å². The molecule has 0 saturated heterocycles. The summed E-state index contributed by atoms with van der Waals surface area (Å²) in [5.41, 5.74) is 8.17. The van der Waals surface area contributed by atoms with Crippen molar-refractivity contribution in [2.24, 2.45) is 0 Å². The Labute approximate surface area is 104 Å². The first-order valence-corrected chi connectivity index (χ1v) is 6.26. The molecule has 1 amide bonds. The number of hydrogen-bond acceptors (Lipinski definition) is 2. The molecule has 0 atom stereocenters. The fourth-order valence-electron chi connectivity index (χ4n) is 1.89. The first-order valence-electron chi connectivity index (χ1n) is 6.26. The molecule has 0 unspecified atom stereocenters. The van der Waals surface area contributed by atoms with E-state index in [4.69, 9.17) is 5.73 Å². The number of nitrogen functional groups attached to an aromatic ring is 1. The number of nitrogens with two attached hydrogens (primary N) is 1. The number of para-hydroxylation sites is 1. The van der Waals surface area contributed by atoms with E-state index >= 15 is 0 Å². The van der Waals surface area contributed by atoms with Gasteiger partial charge in [-0.15, -0.1) is 0 Å². The lowest BCUT2D eigenvalue weighted by Gasteiger charge is -2.22. The highest BCUT2D eigenvalue weighted by atomic mass is 16.2. The van der Waals surface area contributed by atoms with Crippen LogP contribution in [0.3, 0.4) is 0 Å². The topological polar surface area (TPSA) is 46.3 Å². The molecule has 0 aliphatic rings. The van der Waals surface area contributed by atoms with Gasteiger partial charge in [-0.05, 0) is 31.4 Å². The molecule has 17 heavy (non-hydrogen) atoms. The van der Waals surface area contributed by atoms with Gasteiger partial charge in [-0.25, -0.2) is 0 Å². The summed E-state index contributed by atoms with van der Waals surface area (Å²) < 4.78 is 0. The smallest absolute Gasteiger partial charge is 0.255 e. The Bertz CT molecular complexity index is 382. The Balaban J connectivity index is 2.96. The molecular formula is C14H22N2O. The third-order valence-electron chi connectivity index (χ3n) is 2.83. The number of nitrogens with zero attached hydrogens (tertiary/aromatic N) is 1. The number of carbonyl (C=O) groups is 1. The number of carbonyl (C=O) groups excluding carboxylic acids is 1. The molecule has 94 valence electrons. The van der Waals surface area contributed by atoms with Crippen LogP contribution in [-0.2, 0) is 0 Å². The van der Waals surface area contributed by atoms with Crippen molar-refractivity contribution >= 4 is 11.6 Å². The molecule has 0 heterocycles. The standard InChI is InChI=1S/C14H22N2O/c1-4-9-16(10-5-2)14(17)12-8-6-7-11(3)13(12)15/h6-8H,4-5,9-10,15H2,1-3H3. The van der Waals surface area contributed by atoms with Gasteiger partial charge in [0.1, 0.15) is 0 Å². The summed E-state index contributed by atoms with van der Waals surface area (Å²) in [5.74, 6) is 0.0508. The van der Waals surface area contributed by atoms with E-state index in [1.54, 1.807) is 0 Å². The van der Waals surface area contributed by atoms with E-state index in [1.807, 2.05) is 30.0 Å². The van der Waals surface area contributed by atoms with Crippen LogP contribution in [0.4, 0.5) is 5.69 Å². The molecule has 0 fully saturated rings. The molecule has 0 aliphatic heterocycles. The monoisotopic (exact) mass is 234 g/mol. The van der Waals surface area contributed by atoms with E-state index in [0.717, 1.165) is 31.5 Å².